The minimum absolute atomic E-state index is 0.00605. The van der Waals surface area contributed by atoms with Gasteiger partial charge in [-0.2, -0.15) is 5.10 Å². The van der Waals surface area contributed by atoms with Crippen molar-refractivity contribution in [3.8, 4) is 0 Å². The number of carbonyl (C=O) groups is 1. The van der Waals surface area contributed by atoms with Gasteiger partial charge < -0.3 is 4.90 Å². The number of hydrogen-bond acceptors (Lipinski definition) is 4. The summed E-state index contributed by atoms with van der Waals surface area (Å²) in [5.41, 5.74) is 2.70. The Morgan fingerprint density at radius 3 is 2.61 bits per heavy atom. The molecule has 3 heterocycles. The first-order valence-corrected chi connectivity index (χ1v) is 12.5. The fourth-order valence-electron chi connectivity index (χ4n) is 4.81. The number of aromatic nitrogens is 2. The van der Waals surface area contributed by atoms with Crippen LogP contribution in [0.15, 0.2) is 41.8 Å². The maximum absolute atomic E-state index is 14.5. The van der Waals surface area contributed by atoms with Gasteiger partial charge in [-0.1, -0.05) is 35.9 Å². The third kappa shape index (κ3) is 5.31. The number of benzene rings is 1. The zero-order chi connectivity index (χ0) is 23.5. The van der Waals surface area contributed by atoms with E-state index in [1.165, 1.54) is 17.4 Å². The molecular weight excluding hydrogens is 459 g/mol. The molecule has 0 N–H and O–H groups in total. The summed E-state index contributed by atoms with van der Waals surface area (Å²) < 4.78 is 16.2. The van der Waals surface area contributed by atoms with Gasteiger partial charge in [0.15, 0.2) is 0 Å². The highest BCUT2D eigenvalue weighted by atomic mass is 35.5. The molecule has 1 saturated heterocycles. The zero-order valence-corrected chi connectivity index (χ0v) is 20.9. The summed E-state index contributed by atoms with van der Waals surface area (Å²) in [6.45, 7) is 4.57. The summed E-state index contributed by atoms with van der Waals surface area (Å²) in [6, 6.07) is 10.6. The van der Waals surface area contributed by atoms with E-state index in [1.807, 2.05) is 55.6 Å². The van der Waals surface area contributed by atoms with Gasteiger partial charge in [0.1, 0.15) is 11.0 Å². The average Bonchev–Trinajstić information content (AvgIpc) is 3.43. The van der Waals surface area contributed by atoms with Crippen LogP contribution < -0.4 is 0 Å². The number of hydrogen-bond donors (Lipinski definition) is 0. The van der Waals surface area contributed by atoms with E-state index in [2.05, 4.69) is 10.00 Å². The topological polar surface area (TPSA) is 41.4 Å². The lowest BCUT2D eigenvalue weighted by Gasteiger charge is -2.40. The molecule has 1 amide bonds. The van der Waals surface area contributed by atoms with Gasteiger partial charge in [-0.15, -0.1) is 11.3 Å². The third-order valence-corrected chi connectivity index (χ3v) is 8.10. The first-order chi connectivity index (χ1) is 15.8. The Bertz CT molecular complexity index is 1090. The first-order valence-electron chi connectivity index (χ1n) is 11.3. The van der Waals surface area contributed by atoms with Crippen LogP contribution in [0.3, 0.4) is 0 Å². The van der Waals surface area contributed by atoms with Crippen molar-refractivity contribution in [1.82, 2.24) is 19.6 Å². The van der Waals surface area contributed by atoms with Crippen LogP contribution in [0.5, 0.6) is 0 Å². The number of likely N-dealkylation sites (tertiary alicyclic amines) is 1. The van der Waals surface area contributed by atoms with Gasteiger partial charge >= 0.3 is 0 Å². The third-order valence-electron chi connectivity index (χ3n) is 6.76. The normalized spacial score (nSPS) is 16.2. The van der Waals surface area contributed by atoms with Crippen molar-refractivity contribution in [2.75, 3.05) is 20.1 Å². The summed E-state index contributed by atoms with van der Waals surface area (Å²) in [4.78, 5) is 18.1. The van der Waals surface area contributed by atoms with E-state index in [-0.39, 0.29) is 17.8 Å². The lowest BCUT2D eigenvalue weighted by Crippen LogP contribution is -2.47. The van der Waals surface area contributed by atoms with Gasteiger partial charge in [0, 0.05) is 32.2 Å². The summed E-state index contributed by atoms with van der Waals surface area (Å²) in [7, 11) is 3.72. The number of halogens is 2. The Morgan fingerprint density at radius 2 is 2.00 bits per heavy atom. The molecule has 2 aromatic heterocycles. The van der Waals surface area contributed by atoms with Crippen LogP contribution in [0.25, 0.3) is 0 Å². The number of rotatable bonds is 7. The second kappa shape index (κ2) is 10.4. The smallest absolute Gasteiger partial charge is 0.263 e. The Hall–Kier alpha value is -2.22. The van der Waals surface area contributed by atoms with Crippen molar-refractivity contribution >= 4 is 28.8 Å². The van der Waals surface area contributed by atoms with Crippen molar-refractivity contribution in [3.05, 3.63) is 74.4 Å². The maximum Gasteiger partial charge on any atom is 0.263 e. The van der Waals surface area contributed by atoms with Gasteiger partial charge in [0.25, 0.3) is 5.91 Å². The molecule has 176 valence electrons. The molecule has 1 aliphatic heterocycles. The van der Waals surface area contributed by atoms with E-state index in [0.29, 0.717) is 23.1 Å². The fourth-order valence-corrected chi connectivity index (χ4v) is 5.75. The summed E-state index contributed by atoms with van der Waals surface area (Å²) >= 11 is 7.88. The number of nitrogens with zero attached hydrogens (tertiary/aromatic N) is 4. The van der Waals surface area contributed by atoms with E-state index in [4.69, 9.17) is 11.6 Å². The van der Waals surface area contributed by atoms with Gasteiger partial charge in [-0.3, -0.25) is 14.4 Å². The molecule has 8 heteroatoms. The maximum atomic E-state index is 14.5. The van der Waals surface area contributed by atoms with Crippen LogP contribution >= 0.6 is 22.9 Å². The molecule has 1 atom stereocenters. The Labute approximate surface area is 203 Å². The average molecular weight is 489 g/mol. The predicted molar refractivity (Wildman–Crippen MR) is 131 cm³/mol. The molecule has 33 heavy (non-hydrogen) atoms. The number of likely N-dealkylation sites (N-methyl/N-ethyl adjacent to an activating group) is 1. The lowest BCUT2D eigenvalue weighted by atomic mass is 9.84. The molecule has 0 saturated carbocycles. The van der Waals surface area contributed by atoms with E-state index >= 15 is 0 Å². The second-order valence-electron chi connectivity index (χ2n) is 8.85. The van der Waals surface area contributed by atoms with Crippen molar-refractivity contribution in [1.29, 1.82) is 0 Å². The van der Waals surface area contributed by atoms with Crippen LogP contribution in [-0.2, 0) is 20.0 Å². The second-order valence-corrected chi connectivity index (χ2v) is 10.2. The van der Waals surface area contributed by atoms with E-state index in [0.717, 1.165) is 48.6 Å². The molecule has 0 bridgehead atoms. The van der Waals surface area contributed by atoms with Crippen LogP contribution in [0.2, 0.25) is 5.15 Å². The predicted octanol–water partition coefficient (Wildman–Crippen LogP) is 5.18. The van der Waals surface area contributed by atoms with Crippen molar-refractivity contribution in [2.24, 2.45) is 13.0 Å². The quantitative estimate of drug-likeness (QED) is 0.460. The Balaban J connectivity index is 1.49. The highest BCUT2D eigenvalue weighted by Gasteiger charge is 2.33. The summed E-state index contributed by atoms with van der Waals surface area (Å²) in [5, 5.41) is 7.02. The van der Waals surface area contributed by atoms with E-state index in [1.54, 1.807) is 10.7 Å². The Kier molecular flexibility index (Phi) is 7.51. The standard InChI is InChI=1S/C25H30ClFN4OS/c1-17-20(24(26)30(3)28-17)16-31-12-10-18(11-13-31)22(15-19-7-4-5-8-21(19)27)29(2)25(32)23-9-6-14-33-23/h4-9,14,18,22H,10-13,15-16H2,1-3H3. The summed E-state index contributed by atoms with van der Waals surface area (Å²) in [6.07, 6.45) is 2.40. The number of carbonyl (C=O) groups excluding carboxylic acids is 1. The SMILES string of the molecule is Cc1nn(C)c(Cl)c1CN1CCC(C(Cc2ccccc2F)N(C)C(=O)c2cccs2)CC1. The highest BCUT2D eigenvalue weighted by molar-refractivity contribution is 7.12. The van der Waals surface area contributed by atoms with E-state index in [9.17, 15) is 9.18 Å². The molecule has 4 rings (SSSR count). The van der Waals surface area contributed by atoms with E-state index < -0.39 is 0 Å². The molecule has 1 fully saturated rings. The number of amides is 1. The summed E-state index contributed by atoms with van der Waals surface area (Å²) in [5.74, 6) is 0.0883. The van der Waals surface area contributed by atoms with Crippen LogP contribution in [-0.4, -0.2) is 51.7 Å². The molecule has 3 aromatic rings. The Morgan fingerprint density at radius 1 is 1.27 bits per heavy atom. The molecule has 5 nitrogen and oxygen atoms in total. The van der Waals surface area contributed by atoms with Crippen LogP contribution in [0.1, 0.15) is 39.3 Å². The molecule has 1 unspecified atom stereocenters. The number of aryl methyl sites for hydroxylation is 2. The zero-order valence-electron chi connectivity index (χ0n) is 19.3. The molecule has 0 aliphatic carbocycles. The molecule has 1 aromatic carbocycles. The number of thiophene rings is 1. The van der Waals surface area contributed by atoms with Crippen LogP contribution in [0, 0.1) is 18.7 Å². The van der Waals surface area contributed by atoms with Crippen molar-refractivity contribution < 1.29 is 9.18 Å². The molecule has 0 radical (unpaired) electrons. The minimum Gasteiger partial charge on any atom is -0.337 e. The van der Waals surface area contributed by atoms with Crippen molar-refractivity contribution in [2.45, 2.75) is 38.8 Å². The number of piperidine rings is 1. The van der Waals surface area contributed by atoms with Gasteiger partial charge in [-0.25, -0.2) is 4.39 Å². The van der Waals surface area contributed by atoms with Crippen LogP contribution in [0.4, 0.5) is 4.39 Å². The molecular formula is C25H30ClFN4OS. The monoisotopic (exact) mass is 488 g/mol. The molecule has 0 spiro atoms. The fraction of sp³-hybridized carbons (Fsp3) is 0.440. The van der Waals surface area contributed by atoms with Crippen molar-refractivity contribution in [3.63, 3.8) is 0 Å². The van der Waals surface area contributed by atoms with Gasteiger partial charge in [0.2, 0.25) is 0 Å². The highest BCUT2D eigenvalue weighted by Crippen LogP contribution is 2.30. The largest absolute Gasteiger partial charge is 0.337 e. The van der Waals surface area contributed by atoms with Gasteiger partial charge in [-0.05, 0) is 68.3 Å². The van der Waals surface area contributed by atoms with Gasteiger partial charge in [0.05, 0.1) is 10.6 Å². The molecule has 1 aliphatic rings. The first kappa shape index (κ1) is 23.9. The minimum atomic E-state index is -0.210. The lowest BCUT2D eigenvalue weighted by molar-refractivity contribution is 0.0587.